The van der Waals surface area contributed by atoms with E-state index in [4.69, 9.17) is 23.2 Å². The van der Waals surface area contributed by atoms with Gasteiger partial charge in [0, 0.05) is 33.1 Å². The molecular formula is C18H14Cl2N2O2. The Balaban J connectivity index is 1.92. The molecule has 2 atom stereocenters. The monoisotopic (exact) mass is 360 g/mol. The summed E-state index contributed by atoms with van der Waals surface area (Å²) in [4.78, 5) is 15.0. The number of nitrogens with one attached hydrogen (secondary N) is 2. The number of aromatic nitrogens is 1. The minimum absolute atomic E-state index is 0.327. The van der Waals surface area contributed by atoms with E-state index in [9.17, 15) is 9.90 Å². The number of hydrogen-bond acceptors (Lipinski definition) is 2. The second-order valence-corrected chi connectivity index (χ2v) is 6.77. The first-order chi connectivity index (χ1) is 11.5. The van der Waals surface area contributed by atoms with Gasteiger partial charge in [0.25, 0.3) is 0 Å². The van der Waals surface area contributed by atoms with Crippen LogP contribution in [-0.2, 0) is 11.2 Å². The van der Waals surface area contributed by atoms with Crippen LogP contribution in [0.1, 0.15) is 22.9 Å². The van der Waals surface area contributed by atoms with Gasteiger partial charge in [0.1, 0.15) is 6.04 Å². The summed E-state index contributed by atoms with van der Waals surface area (Å²) >= 11 is 12.4. The lowest BCUT2D eigenvalue weighted by Gasteiger charge is -2.30. The number of carboxylic acids is 1. The molecule has 0 saturated carbocycles. The molecule has 3 N–H and O–H groups in total. The minimum Gasteiger partial charge on any atom is -0.480 e. The molecule has 2 aromatic carbocycles. The second-order valence-electron chi connectivity index (χ2n) is 5.92. The molecule has 4 nitrogen and oxygen atoms in total. The van der Waals surface area contributed by atoms with Crippen LogP contribution in [0.25, 0.3) is 10.9 Å². The fourth-order valence-corrected chi connectivity index (χ4v) is 3.89. The van der Waals surface area contributed by atoms with Gasteiger partial charge < -0.3 is 10.1 Å². The maximum atomic E-state index is 11.6. The van der Waals surface area contributed by atoms with Crippen molar-refractivity contribution in [1.29, 1.82) is 0 Å². The summed E-state index contributed by atoms with van der Waals surface area (Å²) in [6.07, 6.45) is 0.427. The quantitative estimate of drug-likeness (QED) is 0.642. The van der Waals surface area contributed by atoms with Crippen LogP contribution in [0.15, 0.2) is 42.5 Å². The van der Waals surface area contributed by atoms with Crippen molar-refractivity contribution in [2.45, 2.75) is 18.5 Å². The molecule has 2 heterocycles. The lowest BCUT2D eigenvalue weighted by Crippen LogP contribution is -2.45. The van der Waals surface area contributed by atoms with Crippen molar-refractivity contribution in [3.05, 3.63) is 69.3 Å². The average molecular weight is 361 g/mol. The fraction of sp³-hybridized carbons (Fsp3) is 0.167. The third-order valence-electron chi connectivity index (χ3n) is 4.48. The molecular weight excluding hydrogens is 347 g/mol. The predicted molar refractivity (Wildman–Crippen MR) is 94.9 cm³/mol. The van der Waals surface area contributed by atoms with Crippen molar-refractivity contribution in [3.8, 4) is 0 Å². The molecule has 6 heteroatoms. The molecule has 0 saturated heterocycles. The van der Waals surface area contributed by atoms with Crippen LogP contribution in [0.5, 0.6) is 0 Å². The SMILES string of the molecule is O=C(O)[C@H]1Cc2c([nH]c3ccccc23)[C@@H](c2ccc(Cl)cc2Cl)N1. The zero-order chi connectivity index (χ0) is 16.8. The number of aliphatic carboxylic acids is 1. The largest absolute Gasteiger partial charge is 0.480 e. The Morgan fingerprint density at radius 3 is 2.71 bits per heavy atom. The van der Waals surface area contributed by atoms with Crippen LogP contribution in [0.3, 0.4) is 0 Å². The van der Waals surface area contributed by atoms with Crippen LogP contribution in [0.2, 0.25) is 10.0 Å². The number of hydrogen-bond donors (Lipinski definition) is 3. The molecule has 0 unspecified atom stereocenters. The van der Waals surface area contributed by atoms with E-state index in [0.717, 1.165) is 27.7 Å². The van der Waals surface area contributed by atoms with Gasteiger partial charge in [-0.2, -0.15) is 0 Å². The number of H-pyrrole nitrogens is 1. The average Bonchev–Trinajstić information content (AvgIpc) is 2.93. The molecule has 0 fully saturated rings. The first-order valence-electron chi connectivity index (χ1n) is 7.58. The summed E-state index contributed by atoms with van der Waals surface area (Å²) in [7, 11) is 0. The second kappa shape index (κ2) is 5.81. The fourth-order valence-electron chi connectivity index (χ4n) is 3.37. The molecule has 24 heavy (non-hydrogen) atoms. The van der Waals surface area contributed by atoms with Crippen molar-refractivity contribution in [1.82, 2.24) is 10.3 Å². The molecule has 0 radical (unpaired) electrons. The Morgan fingerprint density at radius 1 is 1.17 bits per heavy atom. The normalized spacial score (nSPS) is 20.1. The van der Waals surface area contributed by atoms with Gasteiger partial charge in [-0.1, -0.05) is 47.5 Å². The molecule has 0 amide bonds. The number of rotatable bonds is 2. The van der Waals surface area contributed by atoms with E-state index in [0.29, 0.717) is 16.5 Å². The highest BCUT2D eigenvalue weighted by Crippen LogP contribution is 2.38. The van der Waals surface area contributed by atoms with E-state index in [1.807, 2.05) is 30.3 Å². The third kappa shape index (κ3) is 2.47. The van der Waals surface area contributed by atoms with Crippen LogP contribution in [0.4, 0.5) is 0 Å². The molecule has 3 aromatic rings. The van der Waals surface area contributed by atoms with Crippen molar-refractivity contribution in [2.75, 3.05) is 0 Å². The summed E-state index contributed by atoms with van der Waals surface area (Å²) in [6.45, 7) is 0. The first kappa shape index (κ1) is 15.5. The van der Waals surface area contributed by atoms with Gasteiger partial charge in [-0.15, -0.1) is 0 Å². The molecule has 0 bridgehead atoms. The summed E-state index contributed by atoms with van der Waals surface area (Å²) in [5.41, 5.74) is 3.77. The Hall–Kier alpha value is -2.01. The zero-order valence-corrected chi connectivity index (χ0v) is 14.0. The summed E-state index contributed by atoms with van der Waals surface area (Å²) in [5, 5.41) is 14.8. The molecule has 4 rings (SSSR count). The number of fused-ring (bicyclic) bond motifs is 3. The highest BCUT2D eigenvalue weighted by Gasteiger charge is 2.34. The number of carboxylic acid groups (broad SMARTS) is 1. The number of para-hydroxylation sites is 1. The summed E-state index contributed by atoms with van der Waals surface area (Å²) in [5.74, 6) is -0.874. The molecule has 1 aliphatic rings. The minimum atomic E-state index is -0.874. The van der Waals surface area contributed by atoms with Crippen LogP contribution in [-0.4, -0.2) is 22.1 Å². The topological polar surface area (TPSA) is 65.1 Å². The van der Waals surface area contributed by atoms with E-state index >= 15 is 0 Å². The molecule has 0 aliphatic carbocycles. The molecule has 1 aliphatic heterocycles. The van der Waals surface area contributed by atoms with Gasteiger partial charge in [-0.25, -0.2) is 0 Å². The van der Waals surface area contributed by atoms with Gasteiger partial charge in [0.2, 0.25) is 0 Å². The van der Waals surface area contributed by atoms with Gasteiger partial charge in [-0.05, 0) is 29.3 Å². The van der Waals surface area contributed by atoms with Gasteiger partial charge >= 0.3 is 5.97 Å². The summed E-state index contributed by atoms with van der Waals surface area (Å²) in [6, 6.07) is 12.2. The number of aromatic amines is 1. The van der Waals surface area contributed by atoms with E-state index in [-0.39, 0.29) is 6.04 Å². The Labute approximate surface area is 148 Å². The van der Waals surface area contributed by atoms with Gasteiger partial charge in [-0.3, -0.25) is 10.1 Å². The zero-order valence-electron chi connectivity index (χ0n) is 12.5. The van der Waals surface area contributed by atoms with E-state index in [1.165, 1.54) is 0 Å². The van der Waals surface area contributed by atoms with E-state index in [2.05, 4.69) is 10.3 Å². The molecule has 122 valence electrons. The third-order valence-corrected chi connectivity index (χ3v) is 5.05. The maximum absolute atomic E-state index is 11.6. The lowest BCUT2D eigenvalue weighted by molar-refractivity contribution is -0.139. The van der Waals surface area contributed by atoms with Gasteiger partial charge in [0.05, 0.1) is 6.04 Å². The number of carbonyl (C=O) groups is 1. The highest BCUT2D eigenvalue weighted by molar-refractivity contribution is 6.35. The van der Waals surface area contributed by atoms with Crippen LogP contribution < -0.4 is 5.32 Å². The van der Waals surface area contributed by atoms with E-state index in [1.54, 1.807) is 12.1 Å². The van der Waals surface area contributed by atoms with Crippen molar-refractivity contribution < 1.29 is 9.90 Å². The number of halogens is 2. The van der Waals surface area contributed by atoms with Crippen molar-refractivity contribution in [3.63, 3.8) is 0 Å². The standard InChI is InChI=1S/C18H14Cl2N2O2/c19-9-5-6-11(13(20)7-9)16-17-12(8-15(22-16)18(23)24)10-3-1-2-4-14(10)21-17/h1-7,15-16,21-22H,8H2,(H,23,24)/t15-,16-/m1/s1. The van der Waals surface area contributed by atoms with Crippen molar-refractivity contribution >= 4 is 40.1 Å². The molecule has 0 spiro atoms. The Morgan fingerprint density at radius 2 is 1.96 bits per heavy atom. The van der Waals surface area contributed by atoms with Crippen LogP contribution in [0, 0.1) is 0 Å². The predicted octanol–water partition coefficient (Wildman–Crippen LogP) is 4.16. The maximum Gasteiger partial charge on any atom is 0.321 e. The summed E-state index contributed by atoms with van der Waals surface area (Å²) < 4.78 is 0. The highest BCUT2D eigenvalue weighted by atomic mass is 35.5. The van der Waals surface area contributed by atoms with Gasteiger partial charge in [0.15, 0.2) is 0 Å². The Bertz CT molecular complexity index is 951. The van der Waals surface area contributed by atoms with Crippen molar-refractivity contribution in [2.24, 2.45) is 0 Å². The molecule has 1 aromatic heterocycles. The van der Waals surface area contributed by atoms with Crippen LogP contribution >= 0.6 is 23.2 Å². The van der Waals surface area contributed by atoms with E-state index < -0.39 is 12.0 Å². The first-order valence-corrected chi connectivity index (χ1v) is 8.33. The Kier molecular flexibility index (Phi) is 3.76. The lowest BCUT2D eigenvalue weighted by atomic mass is 9.90. The smallest absolute Gasteiger partial charge is 0.321 e. The number of benzene rings is 2.